The SMILES string of the molecule is O=c1c2sc3nc4ccccc4nc3c2[nH]c(=S)n1-c1ccccc1. The fraction of sp³-hybridized carbons (Fsp3) is 0. The van der Waals surface area contributed by atoms with Crippen molar-refractivity contribution in [3.05, 3.63) is 69.7 Å². The summed E-state index contributed by atoms with van der Waals surface area (Å²) in [6.45, 7) is 0. The highest BCUT2D eigenvalue weighted by Gasteiger charge is 2.15. The molecule has 0 aliphatic heterocycles. The Balaban J connectivity index is 1.93. The Morgan fingerprint density at radius 2 is 1.64 bits per heavy atom. The smallest absolute Gasteiger partial charge is 0.276 e. The average molecular weight is 362 g/mol. The van der Waals surface area contributed by atoms with E-state index >= 15 is 0 Å². The Morgan fingerprint density at radius 1 is 0.960 bits per heavy atom. The van der Waals surface area contributed by atoms with Gasteiger partial charge in [0.1, 0.15) is 15.0 Å². The van der Waals surface area contributed by atoms with Crippen LogP contribution in [0.4, 0.5) is 0 Å². The Hall–Kier alpha value is -2.90. The third-order valence-electron chi connectivity index (χ3n) is 4.05. The number of nitrogens with one attached hydrogen (secondary N) is 1. The van der Waals surface area contributed by atoms with E-state index in [1.54, 1.807) is 0 Å². The maximum atomic E-state index is 13.0. The first-order valence-corrected chi connectivity index (χ1v) is 8.84. The third-order valence-corrected chi connectivity index (χ3v) is 5.39. The summed E-state index contributed by atoms with van der Waals surface area (Å²) in [5.41, 5.74) is 3.52. The predicted molar refractivity (Wildman–Crippen MR) is 103 cm³/mol. The first-order chi connectivity index (χ1) is 12.2. The summed E-state index contributed by atoms with van der Waals surface area (Å²) in [7, 11) is 0. The van der Waals surface area contributed by atoms with Gasteiger partial charge in [0.15, 0.2) is 4.77 Å². The lowest BCUT2D eigenvalue weighted by Gasteiger charge is -2.05. The number of hydrogen-bond donors (Lipinski definition) is 1. The first-order valence-electron chi connectivity index (χ1n) is 7.62. The van der Waals surface area contributed by atoms with Crippen LogP contribution in [0.25, 0.3) is 37.3 Å². The van der Waals surface area contributed by atoms with Gasteiger partial charge in [-0.2, -0.15) is 0 Å². The molecule has 0 saturated carbocycles. The normalized spacial score (nSPS) is 11.5. The molecule has 1 N–H and O–H groups in total. The summed E-state index contributed by atoms with van der Waals surface area (Å²) in [6.07, 6.45) is 0. The van der Waals surface area contributed by atoms with E-state index in [4.69, 9.17) is 12.2 Å². The second-order valence-corrected chi connectivity index (χ2v) is 6.96. The zero-order valence-electron chi connectivity index (χ0n) is 12.8. The highest BCUT2D eigenvalue weighted by molar-refractivity contribution is 7.71. The third kappa shape index (κ3) is 2.13. The summed E-state index contributed by atoms with van der Waals surface area (Å²) >= 11 is 6.77. The van der Waals surface area contributed by atoms with Gasteiger partial charge in [0.2, 0.25) is 0 Å². The van der Waals surface area contributed by atoms with Crippen LogP contribution in [0.3, 0.4) is 0 Å². The van der Waals surface area contributed by atoms with Crippen molar-refractivity contribution in [2.45, 2.75) is 0 Å². The van der Waals surface area contributed by atoms with Crippen LogP contribution in [0.5, 0.6) is 0 Å². The van der Waals surface area contributed by atoms with E-state index < -0.39 is 0 Å². The van der Waals surface area contributed by atoms with Gasteiger partial charge in [-0.15, -0.1) is 11.3 Å². The van der Waals surface area contributed by atoms with Crippen molar-refractivity contribution in [2.75, 3.05) is 0 Å². The minimum atomic E-state index is -0.154. The standard InChI is InChI=1S/C18H10N4OS2/c23-17-15-13(21-18(24)22(17)10-6-2-1-3-7-10)14-16(25-15)20-12-9-5-4-8-11(12)19-14/h1-9H,(H,21,24). The number of aromatic amines is 1. The second kappa shape index (κ2) is 5.30. The molecule has 7 heteroatoms. The van der Waals surface area contributed by atoms with E-state index in [1.165, 1.54) is 15.9 Å². The number of thiophene rings is 1. The van der Waals surface area contributed by atoms with Crippen LogP contribution in [0.2, 0.25) is 0 Å². The molecule has 0 radical (unpaired) electrons. The highest BCUT2D eigenvalue weighted by Crippen LogP contribution is 2.29. The van der Waals surface area contributed by atoms with Gasteiger partial charge in [0.05, 0.1) is 22.2 Å². The molecule has 0 bridgehead atoms. The number of hydrogen-bond acceptors (Lipinski definition) is 5. The zero-order chi connectivity index (χ0) is 17.0. The monoisotopic (exact) mass is 362 g/mol. The van der Waals surface area contributed by atoms with Gasteiger partial charge in [0, 0.05) is 0 Å². The van der Waals surface area contributed by atoms with E-state index in [2.05, 4.69) is 15.0 Å². The number of para-hydroxylation sites is 3. The van der Waals surface area contributed by atoms with E-state index in [0.717, 1.165) is 21.6 Å². The molecular weight excluding hydrogens is 352 g/mol. The average Bonchev–Trinajstić information content (AvgIpc) is 2.98. The van der Waals surface area contributed by atoms with E-state index in [-0.39, 0.29) is 5.56 Å². The molecule has 5 rings (SSSR count). The summed E-state index contributed by atoms with van der Waals surface area (Å²) in [5, 5.41) is 0. The molecule has 120 valence electrons. The second-order valence-electron chi connectivity index (χ2n) is 5.58. The molecule has 2 aromatic carbocycles. The summed E-state index contributed by atoms with van der Waals surface area (Å²) in [5.74, 6) is 0. The van der Waals surface area contributed by atoms with Crippen molar-refractivity contribution in [3.8, 4) is 5.69 Å². The topological polar surface area (TPSA) is 63.6 Å². The fourth-order valence-electron chi connectivity index (χ4n) is 2.91. The van der Waals surface area contributed by atoms with Crippen LogP contribution in [0, 0.1) is 4.77 Å². The molecule has 3 heterocycles. The van der Waals surface area contributed by atoms with E-state index in [9.17, 15) is 4.79 Å². The van der Waals surface area contributed by atoms with Crippen molar-refractivity contribution in [3.63, 3.8) is 0 Å². The maximum absolute atomic E-state index is 13.0. The quantitative estimate of drug-likeness (QED) is 0.454. The predicted octanol–water partition coefficient (Wildman–Crippen LogP) is 4.21. The number of rotatable bonds is 1. The van der Waals surface area contributed by atoms with Crippen molar-refractivity contribution < 1.29 is 0 Å². The van der Waals surface area contributed by atoms with E-state index in [0.29, 0.717) is 20.5 Å². The molecule has 0 atom stereocenters. The molecule has 5 nitrogen and oxygen atoms in total. The number of H-pyrrole nitrogens is 1. The molecule has 0 amide bonds. The molecular formula is C18H10N4OS2. The Bertz CT molecular complexity index is 1380. The molecule has 0 unspecified atom stereocenters. The number of nitrogens with zero attached hydrogens (tertiary/aromatic N) is 3. The molecule has 3 aromatic heterocycles. The van der Waals surface area contributed by atoms with Crippen LogP contribution in [0.15, 0.2) is 59.4 Å². The Morgan fingerprint density at radius 3 is 2.40 bits per heavy atom. The van der Waals surface area contributed by atoms with Crippen molar-refractivity contribution in [1.82, 2.24) is 19.5 Å². The van der Waals surface area contributed by atoms with Crippen LogP contribution in [-0.2, 0) is 0 Å². The van der Waals surface area contributed by atoms with Crippen molar-refractivity contribution in [2.24, 2.45) is 0 Å². The maximum Gasteiger partial charge on any atom is 0.276 e. The molecule has 5 aromatic rings. The van der Waals surface area contributed by atoms with Crippen LogP contribution in [0.1, 0.15) is 0 Å². The molecule has 25 heavy (non-hydrogen) atoms. The van der Waals surface area contributed by atoms with Gasteiger partial charge >= 0.3 is 0 Å². The van der Waals surface area contributed by atoms with Crippen molar-refractivity contribution >= 4 is 55.2 Å². The fourth-order valence-corrected chi connectivity index (χ4v) is 4.21. The summed E-state index contributed by atoms with van der Waals surface area (Å²) in [4.78, 5) is 26.3. The first kappa shape index (κ1) is 14.4. The minimum Gasteiger partial charge on any atom is -0.329 e. The van der Waals surface area contributed by atoms with Crippen LogP contribution in [-0.4, -0.2) is 19.5 Å². The van der Waals surface area contributed by atoms with E-state index in [1.807, 2.05) is 54.6 Å². The Labute approximate surface area is 150 Å². The number of benzene rings is 2. The minimum absolute atomic E-state index is 0.154. The van der Waals surface area contributed by atoms with Gasteiger partial charge < -0.3 is 4.98 Å². The molecule has 0 spiro atoms. The van der Waals surface area contributed by atoms with Gasteiger partial charge in [-0.1, -0.05) is 30.3 Å². The molecule has 0 aliphatic rings. The molecule has 0 aliphatic carbocycles. The highest BCUT2D eigenvalue weighted by atomic mass is 32.1. The summed E-state index contributed by atoms with van der Waals surface area (Å²) < 4.78 is 2.42. The largest absolute Gasteiger partial charge is 0.329 e. The van der Waals surface area contributed by atoms with Crippen molar-refractivity contribution in [1.29, 1.82) is 0 Å². The summed E-state index contributed by atoms with van der Waals surface area (Å²) in [6, 6.07) is 17.0. The van der Waals surface area contributed by atoms with Gasteiger partial charge in [-0.05, 0) is 36.5 Å². The van der Waals surface area contributed by atoms with Gasteiger partial charge in [-0.3, -0.25) is 9.36 Å². The number of fused-ring (bicyclic) bond motifs is 4. The Kier molecular flexibility index (Phi) is 3.06. The lowest BCUT2D eigenvalue weighted by atomic mass is 10.3. The van der Waals surface area contributed by atoms with Crippen LogP contribution < -0.4 is 5.56 Å². The van der Waals surface area contributed by atoms with Gasteiger partial charge in [0.25, 0.3) is 5.56 Å². The van der Waals surface area contributed by atoms with Gasteiger partial charge in [-0.25, -0.2) is 9.97 Å². The van der Waals surface area contributed by atoms with Crippen LogP contribution >= 0.6 is 23.6 Å². The lowest BCUT2D eigenvalue weighted by Crippen LogP contribution is -2.19. The number of aromatic nitrogens is 4. The lowest BCUT2D eigenvalue weighted by molar-refractivity contribution is 0.944. The molecule has 0 saturated heterocycles. The molecule has 0 fully saturated rings. The zero-order valence-corrected chi connectivity index (χ0v) is 14.4.